The van der Waals surface area contributed by atoms with Gasteiger partial charge in [0.25, 0.3) is 0 Å². The highest BCUT2D eigenvalue weighted by atomic mass is 19.1. The second kappa shape index (κ2) is 5.66. The quantitative estimate of drug-likeness (QED) is 0.775. The fraction of sp³-hybridized carbons (Fsp3) is 0.474. The summed E-state index contributed by atoms with van der Waals surface area (Å²) >= 11 is 0. The van der Waals surface area contributed by atoms with Gasteiger partial charge in [-0.15, -0.1) is 0 Å². The zero-order chi connectivity index (χ0) is 16.8. The Morgan fingerprint density at radius 3 is 2.52 bits per heavy atom. The van der Waals surface area contributed by atoms with Gasteiger partial charge < -0.3 is 0 Å². The Kier molecular flexibility index (Phi) is 3.95. The fourth-order valence-electron chi connectivity index (χ4n) is 3.41. The molecule has 2 nitrogen and oxygen atoms in total. The molecule has 0 bridgehead atoms. The molecule has 0 unspecified atom stereocenters. The molecule has 0 saturated carbocycles. The molecule has 0 radical (unpaired) electrons. The van der Waals surface area contributed by atoms with Gasteiger partial charge in [-0.05, 0) is 42.0 Å². The van der Waals surface area contributed by atoms with Gasteiger partial charge in [-0.3, -0.25) is 0 Å². The van der Waals surface area contributed by atoms with Gasteiger partial charge in [-0.25, -0.2) is 8.78 Å². The molecule has 1 aromatic carbocycles. The minimum Gasteiger partial charge on any atom is -0.246 e. The molecule has 0 fully saturated rings. The topological polar surface area (TPSA) is 25.8 Å². The number of rotatable bonds is 2. The molecule has 0 amide bonds. The summed E-state index contributed by atoms with van der Waals surface area (Å²) < 4.78 is 28.7. The summed E-state index contributed by atoms with van der Waals surface area (Å²) in [5, 5.41) is 8.51. The van der Waals surface area contributed by atoms with E-state index in [1.807, 2.05) is 19.9 Å². The number of alkyl halides is 1. The van der Waals surface area contributed by atoms with E-state index in [9.17, 15) is 8.78 Å². The lowest BCUT2D eigenvalue weighted by molar-refractivity contribution is 0.156. The number of aromatic nitrogens is 2. The van der Waals surface area contributed by atoms with Gasteiger partial charge in [0.1, 0.15) is 12.0 Å². The SMILES string of the molecule is CC(C)[C@H]1C[C@@H](F)C(C)(C)c2nnc(-c3ccccc3F)cc21. The van der Waals surface area contributed by atoms with Crippen LogP contribution in [0.2, 0.25) is 0 Å². The molecule has 4 heteroatoms. The summed E-state index contributed by atoms with van der Waals surface area (Å²) in [4.78, 5) is 0. The van der Waals surface area contributed by atoms with E-state index in [1.165, 1.54) is 6.07 Å². The van der Waals surface area contributed by atoms with Gasteiger partial charge in [-0.2, -0.15) is 10.2 Å². The monoisotopic (exact) mass is 316 g/mol. The Hall–Kier alpha value is -1.84. The maximum absolute atomic E-state index is 14.6. The van der Waals surface area contributed by atoms with Crippen LogP contribution in [0, 0.1) is 11.7 Å². The predicted octanol–water partition coefficient (Wildman–Crippen LogP) is 5.04. The maximum atomic E-state index is 14.6. The molecule has 0 spiro atoms. The molecule has 1 aliphatic carbocycles. The molecule has 0 N–H and O–H groups in total. The second-order valence-electron chi connectivity index (χ2n) is 7.29. The number of nitrogens with zero attached hydrogens (tertiary/aromatic N) is 2. The lowest BCUT2D eigenvalue weighted by atomic mass is 9.67. The Morgan fingerprint density at radius 2 is 1.87 bits per heavy atom. The Balaban J connectivity index is 2.17. The van der Waals surface area contributed by atoms with Crippen LogP contribution >= 0.6 is 0 Å². The molecular formula is C19H22F2N2. The van der Waals surface area contributed by atoms with E-state index < -0.39 is 11.6 Å². The van der Waals surface area contributed by atoms with E-state index >= 15 is 0 Å². The van der Waals surface area contributed by atoms with Crippen LogP contribution in [0.4, 0.5) is 8.78 Å². The van der Waals surface area contributed by atoms with Crippen LogP contribution in [-0.4, -0.2) is 16.4 Å². The highest BCUT2D eigenvalue weighted by molar-refractivity contribution is 5.61. The van der Waals surface area contributed by atoms with E-state index in [1.54, 1.807) is 18.2 Å². The molecule has 1 aromatic heterocycles. The lowest BCUT2D eigenvalue weighted by Gasteiger charge is -2.40. The average Bonchev–Trinajstić information content (AvgIpc) is 2.51. The van der Waals surface area contributed by atoms with Crippen LogP contribution in [0.15, 0.2) is 30.3 Å². The summed E-state index contributed by atoms with van der Waals surface area (Å²) in [5.74, 6) is 0.0519. The first-order valence-electron chi connectivity index (χ1n) is 8.09. The Morgan fingerprint density at radius 1 is 1.17 bits per heavy atom. The van der Waals surface area contributed by atoms with Crippen LogP contribution in [0.5, 0.6) is 0 Å². The van der Waals surface area contributed by atoms with Crippen molar-refractivity contribution in [3.8, 4) is 11.3 Å². The average molecular weight is 316 g/mol. The normalized spacial score (nSPS) is 22.9. The van der Waals surface area contributed by atoms with Crippen molar-refractivity contribution in [1.29, 1.82) is 0 Å². The minimum absolute atomic E-state index is 0.0778. The Labute approximate surface area is 136 Å². The summed E-state index contributed by atoms with van der Waals surface area (Å²) in [5.41, 5.74) is 2.00. The van der Waals surface area contributed by atoms with Crippen LogP contribution < -0.4 is 0 Å². The molecule has 3 rings (SSSR count). The smallest absolute Gasteiger partial charge is 0.132 e. The van der Waals surface area contributed by atoms with Gasteiger partial charge in [0.05, 0.1) is 11.4 Å². The molecule has 0 saturated heterocycles. The third kappa shape index (κ3) is 2.64. The van der Waals surface area contributed by atoms with E-state index in [0.29, 0.717) is 29.3 Å². The molecule has 2 atom stereocenters. The van der Waals surface area contributed by atoms with E-state index in [-0.39, 0.29) is 11.7 Å². The van der Waals surface area contributed by atoms with Crippen molar-refractivity contribution < 1.29 is 8.78 Å². The standard InChI is InChI=1S/C19H22F2N2/c1-11(2)13-10-17(21)19(3,4)18-14(13)9-16(22-23-18)12-7-5-6-8-15(12)20/h5-9,11,13,17H,10H2,1-4H3/t13-,17-/m1/s1. The molecule has 1 heterocycles. The van der Waals surface area contributed by atoms with Crippen molar-refractivity contribution in [2.24, 2.45) is 5.92 Å². The maximum Gasteiger partial charge on any atom is 0.132 e. The van der Waals surface area contributed by atoms with Gasteiger partial charge in [0, 0.05) is 11.0 Å². The zero-order valence-electron chi connectivity index (χ0n) is 14.0. The molecule has 0 aliphatic heterocycles. The highest BCUT2D eigenvalue weighted by Gasteiger charge is 2.43. The molecular weight excluding hydrogens is 294 g/mol. The van der Waals surface area contributed by atoms with Crippen molar-refractivity contribution in [2.45, 2.75) is 51.6 Å². The molecule has 23 heavy (non-hydrogen) atoms. The molecule has 122 valence electrons. The van der Waals surface area contributed by atoms with E-state index in [0.717, 1.165) is 5.56 Å². The highest BCUT2D eigenvalue weighted by Crippen LogP contribution is 2.46. The van der Waals surface area contributed by atoms with Gasteiger partial charge in [0.2, 0.25) is 0 Å². The summed E-state index contributed by atoms with van der Waals surface area (Å²) in [6.45, 7) is 7.90. The lowest BCUT2D eigenvalue weighted by Crippen LogP contribution is -2.39. The Bertz CT molecular complexity index is 725. The summed E-state index contributed by atoms with van der Waals surface area (Å²) in [6, 6.07) is 8.44. The van der Waals surface area contributed by atoms with Crippen LogP contribution in [0.1, 0.15) is 51.3 Å². The van der Waals surface area contributed by atoms with Gasteiger partial charge in [0.15, 0.2) is 0 Å². The third-order valence-electron chi connectivity index (χ3n) is 5.03. The first-order valence-corrected chi connectivity index (χ1v) is 8.09. The van der Waals surface area contributed by atoms with E-state index in [2.05, 4.69) is 24.0 Å². The van der Waals surface area contributed by atoms with Crippen LogP contribution in [0.3, 0.4) is 0 Å². The van der Waals surface area contributed by atoms with Crippen LogP contribution in [-0.2, 0) is 5.41 Å². The number of hydrogen-bond donors (Lipinski definition) is 0. The van der Waals surface area contributed by atoms with Gasteiger partial charge >= 0.3 is 0 Å². The van der Waals surface area contributed by atoms with Crippen molar-refractivity contribution in [2.75, 3.05) is 0 Å². The number of fused-ring (bicyclic) bond motifs is 1. The first kappa shape index (κ1) is 16.0. The first-order chi connectivity index (χ1) is 10.8. The summed E-state index contributed by atoms with van der Waals surface area (Å²) in [7, 11) is 0. The van der Waals surface area contributed by atoms with Crippen molar-refractivity contribution >= 4 is 0 Å². The number of hydrogen-bond acceptors (Lipinski definition) is 2. The summed E-state index contributed by atoms with van der Waals surface area (Å²) in [6.07, 6.45) is -0.476. The number of benzene rings is 1. The van der Waals surface area contributed by atoms with Crippen molar-refractivity contribution in [3.05, 3.63) is 47.4 Å². The predicted molar refractivity (Wildman–Crippen MR) is 87.5 cm³/mol. The molecule has 2 aromatic rings. The van der Waals surface area contributed by atoms with Gasteiger partial charge in [-0.1, -0.05) is 39.8 Å². The number of halogens is 2. The largest absolute Gasteiger partial charge is 0.246 e. The second-order valence-corrected chi connectivity index (χ2v) is 7.29. The third-order valence-corrected chi connectivity index (χ3v) is 5.03. The van der Waals surface area contributed by atoms with Crippen molar-refractivity contribution in [3.63, 3.8) is 0 Å². The van der Waals surface area contributed by atoms with Crippen LogP contribution in [0.25, 0.3) is 11.3 Å². The van der Waals surface area contributed by atoms with E-state index in [4.69, 9.17) is 0 Å². The fourth-order valence-corrected chi connectivity index (χ4v) is 3.41. The van der Waals surface area contributed by atoms with Crippen molar-refractivity contribution in [1.82, 2.24) is 10.2 Å². The minimum atomic E-state index is -0.948. The zero-order valence-corrected chi connectivity index (χ0v) is 14.0. The molecule has 1 aliphatic rings.